The Morgan fingerprint density at radius 1 is 1.43 bits per heavy atom. The van der Waals surface area contributed by atoms with Crippen LogP contribution in [-0.4, -0.2) is 11.2 Å². The van der Waals surface area contributed by atoms with Gasteiger partial charge in [0.1, 0.15) is 0 Å². The van der Waals surface area contributed by atoms with Crippen LogP contribution in [0.5, 0.6) is 0 Å². The van der Waals surface area contributed by atoms with Crippen molar-refractivity contribution in [3.05, 3.63) is 0 Å². The zero-order chi connectivity index (χ0) is 10.8. The number of aliphatic hydroxyl groups excluding tert-OH is 1. The molecule has 1 aliphatic carbocycles. The number of aliphatic hydroxyl groups is 1. The van der Waals surface area contributed by atoms with Crippen molar-refractivity contribution in [2.75, 3.05) is 0 Å². The minimum absolute atomic E-state index is 0.125. The Morgan fingerprint density at radius 2 is 2.07 bits per heavy atom. The van der Waals surface area contributed by atoms with Gasteiger partial charge in [0.2, 0.25) is 0 Å². The molecule has 0 aromatic rings. The summed E-state index contributed by atoms with van der Waals surface area (Å²) in [6.45, 7) is 9.08. The Morgan fingerprint density at radius 3 is 2.57 bits per heavy atom. The molecule has 1 rings (SSSR count). The minimum atomic E-state index is -0.125. The highest BCUT2D eigenvalue weighted by molar-refractivity contribution is 4.86. The Labute approximate surface area is 88.9 Å². The fourth-order valence-corrected chi connectivity index (χ4v) is 3.13. The first-order chi connectivity index (χ1) is 6.43. The summed E-state index contributed by atoms with van der Waals surface area (Å²) < 4.78 is 0. The van der Waals surface area contributed by atoms with Gasteiger partial charge >= 0.3 is 0 Å². The van der Waals surface area contributed by atoms with Crippen LogP contribution in [0.2, 0.25) is 0 Å². The van der Waals surface area contributed by atoms with Crippen LogP contribution in [0.25, 0.3) is 0 Å². The molecule has 0 spiro atoms. The summed E-state index contributed by atoms with van der Waals surface area (Å²) >= 11 is 0. The molecule has 0 aromatic carbocycles. The van der Waals surface area contributed by atoms with Crippen LogP contribution < -0.4 is 0 Å². The predicted molar refractivity (Wildman–Crippen MR) is 61.2 cm³/mol. The van der Waals surface area contributed by atoms with Crippen molar-refractivity contribution >= 4 is 0 Å². The molecule has 0 aromatic heterocycles. The van der Waals surface area contributed by atoms with Crippen LogP contribution in [-0.2, 0) is 0 Å². The van der Waals surface area contributed by atoms with Crippen molar-refractivity contribution in [3.63, 3.8) is 0 Å². The van der Waals surface area contributed by atoms with E-state index in [0.717, 1.165) is 18.3 Å². The number of hydrogen-bond donors (Lipinski definition) is 1. The average Bonchev–Trinajstić information content (AvgIpc) is 2.01. The van der Waals surface area contributed by atoms with Gasteiger partial charge in [-0.2, -0.15) is 0 Å². The lowest BCUT2D eigenvalue weighted by Crippen LogP contribution is -2.34. The lowest BCUT2D eigenvalue weighted by atomic mass is 9.62. The third kappa shape index (κ3) is 2.98. The minimum Gasteiger partial charge on any atom is -0.393 e. The second kappa shape index (κ2) is 4.65. The van der Waals surface area contributed by atoms with E-state index in [1.807, 2.05) is 6.92 Å². The van der Waals surface area contributed by atoms with E-state index in [-0.39, 0.29) is 6.10 Å². The van der Waals surface area contributed by atoms with Gasteiger partial charge in [0, 0.05) is 0 Å². The normalized spacial score (nSPS) is 34.1. The fraction of sp³-hybridized carbons (Fsp3) is 1.00. The van der Waals surface area contributed by atoms with Crippen LogP contribution in [0.1, 0.15) is 59.8 Å². The molecule has 1 fully saturated rings. The van der Waals surface area contributed by atoms with Gasteiger partial charge in [-0.15, -0.1) is 0 Å². The van der Waals surface area contributed by atoms with Crippen LogP contribution in [0.4, 0.5) is 0 Å². The average molecular weight is 198 g/mol. The Hall–Kier alpha value is -0.0400. The van der Waals surface area contributed by atoms with E-state index in [1.54, 1.807) is 0 Å². The van der Waals surface area contributed by atoms with Crippen molar-refractivity contribution in [2.45, 2.75) is 65.9 Å². The van der Waals surface area contributed by atoms with Gasteiger partial charge in [0.15, 0.2) is 0 Å². The van der Waals surface area contributed by atoms with E-state index in [1.165, 1.54) is 25.7 Å². The fourth-order valence-electron chi connectivity index (χ4n) is 3.13. The van der Waals surface area contributed by atoms with Crippen LogP contribution in [0.15, 0.2) is 0 Å². The SMILES string of the molecule is CC(O)CCC1C(C)CCCC1(C)C. The molecule has 14 heavy (non-hydrogen) atoms. The van der Waals surface area contributed by atoms with Crippen molar-refractivity contribution in [3.8, 4) is 0 Å². The molecule has 1 N–H and O–H groups in total. The standard InChI is InChI=1S/C13H26O/c1-10-6-5-9-13(3,4)12(10)8-7-11(2)14/h10-12,14H,5-9H2,1-4H3. The van der Waals surface area contributed by atoms with Gasteiger partial charge < -0.3 is 5.11 Å². The molecular weight excluding hydrogens is 172 g/mol. The maximum atomic E-state index is 9.34. The highest BCUT2D eigenvalue weighted by Gasteiger charge is 2.36. The molecule has 0 heterocycles. The summed E-state index contributed by atoms with van der Waals surface area (Å²) in [7, 11) is 0. The zero-order valence-corrected chi connectivity index (χ0v) is 10.2. The van der Waals surface area contributed by atoms with Crippen LogP contribution >= 0.6 is 0 Å². The molecule has 0 bridgehead atoms. The topological polar surface area (TPSA) is 20.2 Å². The first-order valence-electron chi connectivity index (χ1n) is 6.11. The molecule has 1 aliphatic rings. The van der Waals surface area contributed by atoms with Gasteiger partial charge in [-0.05, 0) is 43.4 Å². The molecule has 1 nitrogen and oxygen atoms in total. The number of hydrogen-bond acceptors (Lipinski definition) is 1. The molecule has 0 aliphatic heterocycles. The lowest BCUT2D eigenvalue weighted by Gasteiger charge is -2.43. The smallest absolute Gasteiger partial charge is 0.0512 e. The molecule has 3 unspecified atom stereocenters. The third-order valence-electron chi connectivity index (χ3n) is 4.07. The molecule has 0 saturated heterocycles. The number of rotatable bonds is 3. The third-order valence-corrected chi connectivity index (χ3v) is 4.07. The van der Waals surface area contributed by atoms with Crippen molar-refractivity contribution in [1.29, 1.82) is 0 Å². The highest BCUT2D eigenvalue weighted by atomic mass is 16.3. The van der Waals surface area contributed by atoms with Gasteiger partial charge in [0.25, 0.3) is 0 Å². The molecule has 1 heteroatoms. The molecule has 0 amide bonds. The van der Waals surface area contributed by atoms with E-state index < -0.39 is 0 Å². The highest BCUT2D eigenvalue weighted by Crippen LogP contribution is 2.46. The predicted octanol–water partition coefficient (Wildman–Crippen LogP) is 3.61. The van der Waals surface area contributed by atoms with Crippen molar-refractivity contribution < 1.29 is 5.11 Å². The van der Waals surface area contributed by atoms with Gasteiger partial charge in [-0.3, -0.25) is 0 Å². The van der Waals surface area contributed by atoms with E-state index >= 15 is 0 Å². The molecule has 1 saturated carbocycles. The maximum Gasteiger partial charge on any atom is 0.0512 e. The van der Waals surface area contributed by atoms with Gasteiger partial charge in [-0.1, -0.05) is 33.6 Å². The molecule has 84 valence electrons. The second-order valence-corrected chi connectivity index (χ2v) is 5.89. The molecular formula is C13H26O. The van der Waals surface area contributed by atoms with E-state index in [0.29, 0.717) is 5.41 Å². The second-order valence-electron chi connectivity index (χ2n) is 5.89. The zero-order valence-electron chi connectivity index (χ0n) is 10.2. The summed E-state index contributed by atoms with van der Waals surface area (Å²) in [5.74, 6) is 1.66. The summed E-state index contributed by atoms with van der Waals surface area (Å²) in [4.78, 5) is 0. The first-order valence-corrected chi connectivity index (χ1v) is 6.11. The molecule has 3 atom stereocenters. The molecule has 0 radical (unpaired) electrons. The Kier molecular flexibility index (Phi) is 4.00. The van der Waals surface area contributed by atoms with Gasteiger partial charge in [0.05, 0.1) is 6.10 Å². The Balaban J connectivity index is 2.52. The summed E-state index contributed by atoms with van der Waals surface area (Å²) in [5, 5.41) is 9.34. The maximum absolute atomic E-state index is 9.34. The van der Waals surface area contributed by atoms with E-state index in [2.05, 4.69) is 20.8 Å². The summed E-state index contributed by atoms with van der Waals surface area (Å²) in [5.41, 5.74) is 0.493. The van der Waals surface area contributed by atoms with Crippen molar-refractivity contribution in [2.24, 2.45) is 17.3 Å². The van der Waals surface area contributed by atoms with Crippen LogP contribution in [0, 0.1) is 17.3 Å². The lowest BCUT2D eigenvalue weighted by molar-refractivity contribution is 0.0606. The first kappa shape index (κ1) is 12.0. The Bertz CT molecular complexity index is 172. The van der Waals surface area contributed by atoms with E-state index in [9.17, 15) is 5.11 Å². The monoisotopic (exact) mass is 198 g/mol. The van der Waals surface area contributed by atoms with Gasteiger partial charge in [-0.25, -0.2) is 0 Å². The van der Waals surface area contributed by atoms with Crippen molar-refractivity contribution in [1.82, 2.24) is 0 Å². The van der Waals surface area contributed by atoms with Crippen LogP contribution in [0.3, 0.4) is 0 Å². The summed E-state index contributed by atoms with van der Waals surface area (Å²) in [6, 6.07) is 0. The van der Waals surface area contributed by atoms with E-state index in [4.69, 9.17) is 0 Å². The summed E-state index contributed by atoms with van der Waals surface area (Å²) in [6.07, 6.45) is 6.18. The largest absolute Gasteiger partial charge is 0.393 e. The quantitative estimate of drug-likeness (QED) is 0.734.